The Morgan fingerprint density at radius 3 is 2.42 bits per heavy atom. The van der Waals surface area contributed by atoms with E-state index in [0.29, 0.717) is 4.91 Å². The van der Waals surface area contributed by atoms with Gasteiger partial charge < -0.3 is 14.4 Å². The minimum absolute atomic E-state index is 0.229. The van der Waals surface area contributed by atoms with E-state index in [1.54, 1.807) is 5.01 Å². The molecule has 1 spiro atoms. The van der Waals surface area contributed by atoms with Crippen molar-refractivity contribution in [1.82, 2.24) is 4.90 Å². The summed E-state index contributed by atoms with van der Waals surface area (Å²) in [5.74, 6) is -0.921. The Bertz CT molecular complexity index is 839. The number of aryl methyl sites for hydroxylation is 1. The minimum Gasteiger partial charge on any atom is -0.465 e. The maximum atomic E-state index is 12.2. The van der Waals surface area contributed by atoms with E-state index in [1.165, 1.54) is 37.7 Å². The van der Waals surface area contributed by atoms with Gasteiger partial charge in [-0.2, -0.15) is 5.10 Å². The van der Waals surface area contributed by atoms with E-state index in [1.807, 2.05) is 50.1 Å². The maximum absolute atomic E-state index is 12.2. The Labute approximate surface area is 160 Å². The zero-order valence-corrected chi connectivity index (χ0v) is 16.7. The monoisotopic (exact) mass is 393 g/mol. The number of anilines is 1. The van der Waals surface area contributed by atoms with Crippen LogP contribution in [0.4, 0.5) is 5.69 Å². The largest absolute Gasteiger partial charge is 0.465 e. The lowest BCUT2D eigenvalue weighted by atomic mass is 10.2. The second-order valence-electron chi connectivity index (χ2n) is 5.77. The lowest BCUT2D eigenvalue weighted by Crippen LogP contribution is -2.47. The summed E-state index contributed by atoms with van der Waals surface area (Å²) in [6, 6.07) is 7.81. The van der Waals surface area contributed by atoms with Gasteiger partial charge in [-0.25, -0.2) is 14.6 Å². The number of thioether (sulfide) groups is 2. The summed E-state index contributed by atoms with van der Waals surface area (Å²) in [6.45, 7) is 3.83. The van der Waals surface area contributed by atoms with Crippen LogP contribution in [0.25, 0.3) is 0 Å². The fourth-order valence-corrected chi connectivity index (χ4v) is 5.62. The summed E-state index contributed by atoms with van der Waals surface area (Å²) >= 11 is 2.55. The van der Waals surface area contributed by atoms with Gasteiger partial charge in [0.1, 0.15) is 4.91 Å². The first kappa shape index (κ1) is 18.7. The van der Waals surface area contributed by atoms with Crippen molar-refractivity contribution in [2.24, 2.45) is 5.10 Å². The number of hydrogen-bond acceptors (Lipinski definition) is 9. The molecule has 0 saturated heterocycles. The van der Waals surface area contributed by atoms with Gasteiger partial charge >= 0.3 is 11.9 Å². The molecule has 3 rings (SSSR count). The highest BCUT2D eigenvalue weighted by atomic mass is 32.2. The van der Waals surface area contributed by atoms with Crippen molar-refractivity contribution in [1.29, 1.82) is 0 Å². The van der Waals surface area contributed by atoms with Gasteiger partial charge in [0.05, 0.1) is 19.9 Å². The van der Waals surface area contributed by atoms with Crippen LogP contribution in [0.15, 0.2) is 40.0 Å². The predicted molar refractivity (Wildman–Crippen MR) is 104 cm³/mol. The number of hydrogen-bond donors (Lipinski definition) is 0. The van der Waals surface area contributed by atoms with E-state index in [9.17, 15) is 9.59 Å². The second kappa shape index (κ2) is 6.88. The van der Waals surface area contributed by atoms with Crippen molar-refractivity contribution in [3.8, 4) is 0 Å². The Morgan fingerprint density at radius 1 is 1.12 bits per heavy atom. The van der Waals surface area contributed by atoms with Gasteiger partial charge in [0.2, 0.25) is 9.37 Å². The van der Waals surface area contributed by atoms with Crippen LogP contribution in [-0.4, -0.2) is 47.5 Å². The van der Waals surface area contributed by atoms with Gasteiger partial charge in [-0.05, 0) is 43.3 Å². The Balaban J connectivity index is 2.08. The molecule has 0 N–H and O–H groups in total. The molecule has 0 radical (unpaired) electrons. The minimum atomic E-state index is -0.842. The number of benzene rings is 1. The summed E-state index contributed by atoms with van der Waals surface area (Å²) in [6.07, 6.45) is 0. The van der Waals surface area contributed by atoms with E-state index in [2.05, 4.69) is 5.10 Å². The average Bonchev–Trinajstić information content (AvgIpc) is 3.14. The first-order chi connectivity index (χ1) is 12.3. The van der Waals surface area contributed by atoms with Crippen LogP contribution >= 0.6 is 23.5 Å². The summed E-state index contributed by atoms with van der Waals surface area (Å²) in [5.41, 5.74) is 2.64. The lowest BCUT2D eigenvalue weighted by Gasteiger charge is -2.39. The third kappa shape index (κ3) is 2.84. The predicted octanol–water partition coefficient (Wildman–Crippen LogP) is 2.73. The molecule has 0 aromatic heterocycles. The molecule has 0 saturated carbocycles. The van der Waals surface area contributed by atoms with E-state index in [-0.39, 0.29) is 5.04 Å². The Kier molecular flexibility index (Phi) is 4.94. The van der Waals surface area contributed by atoms with Crippen LogP contribution in [0.2, 0.25) is 0 Å². The van der Waals surface area contributed by atoms with Crippen molar-refractivity contribution < 1.29 is 19.1 Å². The van der Waals surface area contributed by atoms with Crippen LogP contribution in [0.3, 0.4) is 0 Å². The highest BCUT2D eigenvalue weighted by Crippen LogP contribution is 2.58. The standard InChI is InChI=1S/C17H19N3O4S2/c1-10-7-6-8-12(9-10)20-17(26-14(18-20)16(22)24-5)19(3)11(2)13(25-17)15(21)23-4/h6-9H,1-5H3/t17-/m1/s1. The molecule has 1 atom stereocenters. The van der Waals surface area contributed by atoms with Crippen LogP contribution in [0, 0.1) is 6.92 Å². The van der Waals surface area contributed by atoms with E-state index in [4.69, 9.17) is 9.47 Å². The molecule has 0 aliphatic carbocycles. The maximum Gasteiger partial charge on any atom is 0.365 e. The number of rotatable bonds is 3. The fourth-order valence-electron chi connectivity index (χ4n) is 2.69. The molecule has 0 fully saturated rings. The highest BCUT2D eigenvalue weighted by molar-refractivity contribution is 8.28. The lowest BCUT2D eigenvalue weighted by molar-refractivity contribution is -0.135. The topological polar surface area (TPSA) is 71.4 Å². The van der Waals surface area contributed by atoms with Gasteiger partial charge in [0, 0.05) is 12.7 Å². The van der Waals surface area contributed by atoms with Crippen molar-refractivity contribution in [2.45, 2.75) is 18.2 Å². The first-order valence-electron chi connectivity index (χ1n) is 7.79. The normalized spacial score (nSPS) is 22.1. The zero-order valence-electron chi connectivity index (χ0n) is 15.1. The molecule has 0 unspecified atom stereocenters. The van der Waals surface area contributed by atoms with Gasteiger partial charge in [0.15, 0.2) is 0 Å². The third-order valence-electron chi connectivity index (χ3n) is 4.16. The first-order valence-corrected chi connectivity index (χ1v) is 9.42. The third-order valence-corrected chi connectivity index (χ3v) is 7.19. The Morgan fingerprint density at radius 2 is 1.81 bits per heavy atom. The summed E-state index contributed by atoms with van der Waals surface area (Å²) in [7, 11) is 4.54. The SMILES string of the molecule is COC(=O)C1=NN(c2cccc(C)c2)[C@@]2(S1)SC(C(=O)OC)=C(C)N2C. The van der Waals surface area contributed by atoms with E-state index >= 15 is 0 Å². The number of methoxy groups -OCH3 is 2. The van der Waals surface area contributed by atoms with Crippen LogP contribution in [0.5, 0.6) is 0 Å². The van der Waals surface area contributed by atoms with E-state index in [0.717, 1.165) is 16.9 Å². The number of nitrogens with zero attached hydrogens (tertiary/aromatic N) is 3. The molecule has 1 aromatic carbocycles. The Hall–Kier alpha value is -2.13. The molecule has 2 aliphatic heterocycles. The molecular weight excluding hydrogens is 374 g/mol. The van der Waals surface area contributed by atoms with Gasteiger partial charge in [-0.3, -0.25) is 0 Å². The van der Waals surface area contributed by atoms with Crippen molar-refractivity contribution in [3.63, 3.8) is 0 Å². The molecule has 0 bridgehead atoms. The number of carbonyl (C=O) groups excluding carboxylic acids is 2. The molecule has 138 valence electrons. The number of ether oxygens (including phenoxy) is 2. The van der Waals surface area contributed by atoms with Crippen molar-refractivity contribution >= 4 is 46.2 Å². The quantitative estimate of drug-likeness (QED) is 0.726. The van der Waals surface area contributed by atoms with Gasteiger partial charge in [-0.15, -0.1) is 0 Å². The number of esters is 2. The fraction of sp³-hybridized carbons (Fsp3) is 0.353. The number of allylic oxidation sites excluding steroid dienone is 1. The molecule has 1 aromatic rings. The second-order valence-corrected chi connectivity index (χ2v) is 8.37. The summed E-state index contributed by atoms with van der Waals surface area (Å²) < 4.78 is 8.92. The van der Waals surface area contributed by atoms with Gasteiger partial charge in [-0.1, -0.05) is 23.9 Å². The molecule has 0 amide bonds. The molecule has 9 heteroatoms. The highest BCUT2D eigenvalue weighted by Gasteiger charge is 2.56. The summed E-state index contributed by atoms with van der Waals surface area (Å²) in [5, 5.41) is 6.49. The summed E-state index contributed by atoms with van der Waals surface area (Å²) in [4.78, 5) is 26.7. The van der Waals surface area contributed by atoms with Crippen molar-refractivity contribution in [2.75, 3.05) is 26.3 Å². The molecule has 7 nitrogen and oxygen atoms in total. The van der Waals surface area contributed by atoms with Crippen LogP contribution in [-0.2, 0) is 19.1 Å². The number of carbonyl (C=O) groups is 2. The zero-order chi connectivity index (χ0) is 19.1. The van der Waals surface area contributed by atoms with Crippen LogP contribution in [0.1, 0.15) is 12.5 Å². The molecule has 2 aliphatic rings. The molecular formula is C17H19N3O4S2. The van der Waals surface area contributed by atoms with Crippen molar-refractivity contribution in [3.05, 3.63) is 40.4 Å². The molecule has 2 heterocycles. The van der Waals surface area contributed by atoms with Crippen LogP contribution < -0.4 is 5.01 Å². The van der Waals surface area contributed by atoms with E-state index < -0.39 is 16.3 Å². The average molecular weight is 393 g/mol. The molecule has 26 heavy (non-hydrogen) atoms. The smallest absolute Gasteiger partial charge is 0.365 e. The number of hydrazone groups is 1. The van der Waals surface area contributed by atoms with Gasteiger partial charge in [0.25, 0.3) is 0 Å².